The first-order chi connectivity index (χ1) is 16.2. The van der Waals surface area contributed by atoms with Crippen molar-refractivity contribution < 1.29 is 19.8 Å². The number of fused-ring (bicyclic) bond motifs is 2. The molecule has 4 N–H and O–H groups in total. The van der Waals surface area contributed by atoms with E-state index in [1.807, 2.05) is 6.92 Å². The summed E-state index contributed by atoms with van der Waals surface area (Å²) in [7, 11) is 0. The van der Waals surface area contributed by atoms with Crippen molar-refractivity contribution >= 4 is 28.3 Å². The molecule has 1 aromatic heterocycles. The van der Waals surface area contributed by atoms with Crippen LogP contribution in [0.2, 0.25) is 0 Å². The van der Waals surface area contributed by atoms with E-state index in [-0.39, 0.29) is 54.6 Å². The zero-order valence-corrected chi connectivity index (χ0v) is 21.0. The molecule has 34 heavy (non-hydrogen) atoms. The summed E-state index contributed by atoms with van der Waals surface area (Å²) in [6, 6.07) is 0. The lowest BCUT2D eigenvalue weighted by Gasteiger charge is -2.58. The van der Waals surface area contributed by atoms with Crippen LogP contribution in [0.4, 0.5) is 5.13 Å². The van der Waals surface area contributed by atoms with Gasteiger partial charge in [-0.3, -0.25) is 9.59 Å². The Morgan fingerprint density at radius 2 is 1.97 bits per heavy atom. The largest absolute Gasteiger partial charge is 0.396 e. The summed E-state index contributed by atoms with van der Waals surface area (Å²) in [5.74, 6) is 2.18. The molecular formula is C26H37N3O4S. The quantitative estimate of drug-likeness (QED) is 0.461. The van der Waals surface area contributed by atoms with Crippen LogP contribution < -0.4 is 10.6 Å². The van der Waals surface area contributed by atoms with Crippen LogP contribution >= 0.6 is 11.3 Å². The summed E-state index contributed by atoms with van der Waals surface area (Å²) in [4.78, 5) is 31.6. The monoisotopic (exact) mass is 487 g/mol. The molecule has 3 aliphatic carbocycles. The number of hydrogen-bond donors (Lipinski definition) is 4. The number of thiazole rings is 1. The molecule has 2 amide bonds. The Morgan fingerprint density at radius 1 is 1.24 bits per heavy atom. The van der Waals surface area contributed by atoms with Gasteiger partial charge in [0.05, 0.1) is 24.9 Å². The standard InChI is InChI=1S/C26H37N3O4S/c1-4-12-27-21(32)13-17-22-18(14-19-25(17,2)11-10-20(31)26(19,3)15-30)34-24(28-22)29-23(33)16-8-6-5-7-9-16/h1,16-17,19-20,30-31H,5-15H2,2-3H3,(H,27,32)(H,28,29,33)/t17-,19+,20-,25+,26+/m1/s1. The molecule has 0 aliphatic heterocycles. The van der Waals surface area contributed by atoms with Gasteiger partial charge in [-0.1, -0.05) is 39.0 Å². The number of aromatic nitrogens is 1. The van der Waals surface area contributed by atoms with Crippen LogP contribution in [0.1, 0.15) is 81.7 Å². The Kier molecular flexibility index (Phi) is 7.37. The van der Waals surface area contributed by atoms with Crippen LogP contribution in [0.15, 0.2) is 0 Å². The van der Waals surface area contributed by atoms with Crippen LogP contribution in [-0.2, 0) is 16.0 Å². The summed E-state index contributed by atoms with van der Waals surface area (Å²) in [5, 5.41) is 27.6. The second-order valence-electron chi connectivity index (χ2n) is 10.9. The smallest absolute Gasteiger partial charge is 0.229 e. The maximum absolute atomic E-state index is 12.9. The van der Waals surface area contributed by atoms with Crippen molar-refractivity contribution in [2.45, 2.75) is 83.7 Å². The van der Waals surface area contributed by atoms with E-state index >= 15 is 0 Å². The number of anilines is 1. The van der Waals surface area contributed by atoms with Crippen LogP contribution in [0.3, 0.4) is 0 Å². The minimum atomic E-state index is -0.673. The van der Waals surface area contributed by atoms with Gasteiger partial charge < -0.3 is 20.8 Å². The summed E-state index contributed by atoms with van der Waals surface area (Å²) in [6.45, 7) is 4.17. The number of carbonyl (C=O) groups excluding carboxylic acids is 2. The molecular weight excluding hydrogens is 450 g/mol. The van der Waals surface area contributed by atoms with Gasteiger partial charge in [0, 0.05) is 28.5 Å². The van der Waals surface area contributed by atoms with Crippen molar-refractivity contribution in [1.29, 1.82) is 0 Å². The number of carbonyl (C=O) groups is 2. The first kappa shape index (κ1) is 25.2. The molecule has 2 saturated carbocycles. The molecule has 3 aliphatic rings. The molecule has 5 atom stereocenters. The first-order valence-corrected chi connectivity index (χ1v) is 13.3. The molecule has 0 radical (unpaired) electrons. The van der Waals surface area contributed by atoms with Gasteiger partial charge in [0.15, 0.2) is 5.13 Å². The molecule has 0 aromatic carbocycles. The molecule has 0 unspecified atom stereocenters. The predicted molar refractivity (Wildman–Crippen MR) is 132 cm³/mol. The van der Waals surface area contributed by atoms with Gasteiger partial charge in [0.25, 0.3) is 0 Å². The molecule has 1 heterocycles. The van der Waals surface area contributed by atoms with Gasteiger partial charge in [-0.05, 0) is 43.4 Å². The molecule has 0 saturated heterocycles. The van der Waals surface area contributed by atoms with E-state index in [1.165, 1.54) is 17.8 Å². The van der Waals surface area contributed by atoms with Crippen molar-refractivity contribution in [3.05, 3.63) is 10.6 Å². The van der Waals surface area contributed by atoms with Crippen molar-refractivity contribution in [3.8, 4) is 12.3 Å². The van der Waals surface area contributed by atoms with Crippen molar-refractivity contribution in [3.63, 3.8) is 0 Å². The fourth-order valence-electron chi connectivity index (χ4n) is 6.68. The van der Waals surface area contributed by atoms with E-state index in [0.717, 1.165) is 42.7 Å². The van der Waals surface area contributed by atoms with Gasteiger partial charge >= 0.3 is 0 Å². The third-order valence-electron chi connectivity index (χ3n) is 8.88. The molecule has 1 aromatic rings. The molecule has 0 bridgehead atoms. The molecule has 2 fully saturated rings. The average Bonchev–Trinajstić information content (AvgIpc) is 3.24. The Labute approximate surface area is 206 Å². The lowest BCUT2D eigenvalue weighted by Crippen LogP contribution is -2.57. The van der Waals surface area contributed by atoms with Crippen LogP contribution in [0.5, 0.6) is 0 Å². The molecule has 7 nitrogen and oxygen atoms in total. The molecule has 8 heteroatoms. The highest BCUT2D eigenvalue weighted by molar-refractivity contribution is 7.15. The second-order valence-corrected chi connectivity index (χ2v) is 12.0. The number of hydrogen-bond acceptors (Lipinski definition) is 6. The summed E-state index contributed by atoms with van der Waals surface area (Å²) >= 11 is 1.47. The van der Waals surface area contributed by atoms with E-state index in [2.05, 4.69) is 23.5 Å². The number of rotatable bonds is 6. The fourth-order valence-corrected chi connectivity index (χ4v) is 7.75. The van der Waals surface area contributed by atoms with E-state index < -0.39 is 11.5 Å². The highest BCUT2D eigenvalue weighted by Gasteiger charge is 2.59. The zero-order valence-electron chi connectivity index (χ0n) is 20.2. The predicted octanol–water partition coefficient (Wildman–Crippen LogP) is 3.22. The molecule has 186 valence electrons. The summed E-state index contributed by atoms with van der Waals surface area (Å²) < 4.78 is 0. The van der Waals surface area contributed by atoms with Gasteiger partial charge in [-0.15, -0.1) is 17.8 Å². The Morgan fingerprint density at radius 3 is 2.65 bits per heavy atom. The lowest BCUT2D eigenvalue weighted by molar-refractivity contribution is -0.144. The van der Waals surface area contributed by atoms with Gasteiger partial charge in [0.2, 0.25) is 11.8 Å². The Bertz CT molecular complexity index is 966. The SMILES string of the molecule is C#CCNC(=O)C[C@@H]1c2nc(NC(=O)C3CCCCC3)sc2C[C@@H]2[C@](C)(CO)[C@H](O)CC[C@]21C. The first-order valence-electron chi connectivity index (χ1n) is 12.5. The third kappa shape index (κ3) is 4.50. The van der Waals surface area contributed by atoms with Crippen LogP contribution in [0.25, 0.3) is 0 Å². The normalized spacial score (nSPS) is 33.3. The number of amides is 2. The number of aliphatic hydroxyl groups excluding tert-OH is 2. The van der Waals surface area contributed by atoms with Gasteiger partial charge in [-0.2, -0.15) is 0 Å². The number of nitrogens with one attached hydrogen (secondary N) is 2. The fraction of sp³-hybridized carbons (Fsp3) is 0.731. The minimum Gasteiger partial charge on any atom is -0.396 e. The van der Waals surface area contributed by atoms with Crippen LogP contribution in [0, 0.1) is 35.0 Å². The Hall–Kier alpha value is -1.95. The average molecular weight is 488 g/mol. The minimum absolute atomic E-state index is 0.0194. The highest BCUT2D eigenvalue weighted by atomic mass is 32.1. The topological polar surface area (TPSA) is 112 Å². The maximum Gasteiger partial charge on any atom is 0.229 e. The number of nitrogens with zero attached hydrogens (tertiary/aromatic N) is 1. The van der Waals surface area contributed by atoms with E-state index in [9.17, 15) is 19.8 Å². The highest BCUT2D eigenvalue weighted by Crippen LogP contribution is 2.62. The van der Waals surface area contributed by atoms with Gasteiger partial charge in [0.1, 0.15) is 0 Å². The van der Waals surface area contributed by atoms with Crippen molar-refractivity contribution in [1.82, 2.24) is 10.3 Å². The van der Waals surface area contributed by atoms with Crippen molar-refractivity contribution in [2.75, 3.05) is 18.5 Å². The summed E-state index contributed by atoms with van der Waals surface area (Å²) in [6.07, 6.45) is 12.1. The lowest BCUT2D eigenvalue weighted by atomic mass is 9.47. The van der Waals surface area contributed by atoms with Crippen molar-refractivity contribution in [2.24, 2.45) is 22.7 Å². The zero-order chi connectivity index (χ0) is 24.5. The third-order valence-corrected chi connectivity index (χ3v) is 9.89. The number of aliphatic hydroxyl groups is 2. The second kappa shape index (κ2) is 9.96. The summed E-state index contributed by atoms with van der Waals surface area (Å²) in [5.41, 5.74) is -0.126. The Balaban J connectivity index is 1.67. The maximum atomic E-state index is 12.9. The molecule has 4 rings (SSSR count). The van der Waals surface area contributed by atoms with E-state index in [4.69, 9.17) is 11.4 Å². The van der Waals surface area contributed by atoms with E-state index in [0.29, 0.717) is 18.0 Å². The van der Waals surface area contributed by atoms with Crippen LogP contribution in [-0.4, -0.2) is 46.3 Å². The molecule has 0 spiro atoms. The van der Waals surface area contributed by atoms with Gasteiger partial charge in [-0.25, -0.2) is 4.98 Å². The number of terminal acetylenes is 1. The van der Waals surface area contributed by atoms with E-state index in [1.54, 1.807) is 0 Å².